The number of aromatic nitrogens is 3. The number of alkyl halides is 3. The van der Waals surface area contributed by atoms with E-state index in [2.05, 4.69) is 15.4 Å². The van der Waals surface area contributed by atoms with E-state index in [0.29, 0.717) is 12.1 Å². The minimum Gasteiger partial charge on any atom is -0.306 e. The van der Waals surface area contributed by atoms with E-state index in [1.54, 1.807) is 6.92 Å². The molecule has 0 aliphatic carbocycles. The van der Waals surface area contributed by atoms with Gasteiger partial charge in [-0.2, -0.15) is 18.3 Å². The van der Waals surface area contributed by atoms with Crippen LogP contribution >= 0.6 is 0 Å². The molecule has 0 fully saturated rings. The van der Waals surface area contributed by atoms with E-state index in [0.717, 1.165) is 10.7 Å². The summed E-state index contributed by atoms with van der Waals surface area (Å²) >= 11 is 0. The molecule has 1 aromatic carbocycles. The highest BCUT2D eigenvalue weighted by atomic mass is 19.4. The number of carbonyl (C=O) groups is 1. The number of nitrogens with one attached hydrogen (secondary N) is 1. The molecule has 3 rings (SSSR count). The number of benzene rings is 1. The first kappa shape index (κ1) is 20.4. The van der Waals surface area contributed by atoms with Crippen LogP contribution in [0.25, 0.3) is 11.3 Å². The lowest BCUT2D eigenvalue weighted by molar-refractivity contribution is -0.141. The van der Waals surface area contributed by atoms with Crippen molar-refractivity contribution in [2.45, 2.75) is 19.6 Å². The standard InChI is InChI=1S/C18H12F6N4O/c1-2-28-13(7-14(27-28)18(22,23)24)9-3-4-15(25-8-9)26-17(29)16-11(20)5-10(19)6-12(16)21/h3-8H,2H2,1H3,(H,25,26,29). The van der Waals surface area contributed by atoms with Gasteiger partial charge in [-0.05, 0) is 25.1 Å². The van der Waals surface area contributed by atoms with Crippen LogP contribution in [0.2, 0.25) is 0 Å². The molecule has 0 unspecified atom stereocenters. The predicted molar refractivity (Wildman–Crippen MR) is 90.4 cm³/mol. The van der Waals surface area contributed by atoms with Crippen molar-refractivity contribution in [3.8, 4) is 11.3 Å². The summed E-state index contributed by atoms with van der Waals surface area (Å²) in [6.07, 6.45) is -3.43. The van der Waals surface area contributed by atoms with Crippen molar-refractivity contribution < 1.29 is 31.1 Å². The van der Waals surface area contributed by atoms with E-state index in [-0.39, 0.29) is 23.6 Å². The van der Waals surface area contributed by atoms with Gasteiger partial charge in [0, 0.05) is 30.4 Å². The first-order chi connectivity index (χ1) is 13.6. The number of halogens is 6. The maximum atomic E-state index is 13.7. The normalized spacial score (nSPS) is 11.6. The molecule has 0 saturated carbocycles. The van der Waals surface area contributed by atoms with Crippen LogP contribution in [0, 0.1) is 17.5 Å². The summed E-state index contributed by atoms with van der Waals surface area (Å²) < 4.78 is 80.0. The molecule has 0 aliphatic rings. The van der Waals surface area contributed by atoms with E-state index < -0.39 is 40.8 Å². The van der Waals surface area contributed by atoms with Crippen molar-refractivity contribution in [3.05, 3.63) is 65.2 Å². The number of rotatable bonds is 4. The Kier molecular flexibility index (Phi) is 5.31. The molecule has 5 nitrogen and oxygen atoms in total. The number of amides is 1. The van der Waals surface area contributed by atoms with Crippen LogP contribution in [0.3, 0.4) is 0 Å². The molecule has 0 saturated heterocycles. The SMILES string of the molecule is CCn1nc(C(F)(F)F)cc1-c1ccc(NC(=O)c2c(F)cc(F)cc2F)nc1. The fraction of sp³-hybridized carbons (Fsp3) is 0.167. The third-order valence-corrected chi connectivity index (χ3v) is 3.90. The summed E-state index contributed by atoms with van der Waals surface area (Å²) in [7, 11) is 0. The Morgan fingerprint density at radius 1 is 1.10 bits per heavy atom. The van der Waals surface area contributed by atoms with Crippen LogP contribution in [0.4, 0.5) is 32.2 Å². The molecular formula is C18H12F6N4O. The molecule has 3 aromatic rings. The molecule has 1 N–H and O–H groups in total. The van der Waals surface area contributed by atoms with Gasteiger partial charge in [-0.1, -0.05) is 0 Å². The van der Waals surface area contributed by atoms with Crippen LogP contribution in [0.1, 0.15) is 23.0 Å². The van der Waals surface area contributed by atoms with Gasteiger partial charge < -0.3 is 5.32 Å². The zero-order valence-corrected chi connectivity index (χ0v) is 14.7. The Hall–Kier alpha value is -3.37. The van der Waals surface area contributed by atoms with E-state index in [4.69, 9.17) is 0 Å². The van der Waals surface area contributed by atoms with Gasteiger partial charge in [0.05, 0.1) is 5.69 Å². The molecule has 2 heterocycles. The monoisotopic (exact) mass is 414 g/mol. The molecular weight excluding hydrogens is 402 g/mol. The molecule has 29 heavy (non-hydrogen) atoms. The Bertz CT molecular complexity index is 1040. The van der Waals surface area contributed by atoms with Gasteiger partial charge in [0.15, 0.2) is 5.69 Å². The van der Waals surface area contributed by atoms with Gasteiger partial charge in [0.1, 0.15) is 28.8 Å². The minimum absolute atomic E-state index is 0.111. The average Bonchev–Trinajstić information content (AvgIpc) is 3.06. The summed E-state index contributed by atoms with van der Waals surface area (Å²) in [4.78, 5) is 15.9. The summed E-state index contributed by atoms with van der Waals surface area (Å²) in [5.41, 5.74) is -1.61. The molecule has 0 aliphatic heterocycles. The van der Waals surface area contributed by atoms with Gasteiger partial charge >= 0.3 is 6.18 Å². The topological polar surface area (TPSA) is 59.8 Å². The van der Waals surface area contributed by atoms with Crippen LogP contribution < -0.4 is 5.32 Å². The van der Waals surface area contributed by atoms with Crippen molar-refractivity contribution >= 4 is 11.7 Å². The van der Waals surface area contributed by atoms with Gasteiger partial charge in [-0.15, -0.1) is 0 Å². The number of nitrogens with zero attached hydrogens (tertiary/aromatic N) is 3. The first-order valence-corrected chi connectivity index (χ1v) is 8.17. The molecule has 0 radical (unpaired) electrons. The van der Waals surface area contributed by atoms with Crippen molar-refractivity contribution in [1.29, 1.82) is 0 Å². The Morgan fingerprint density at radius 2 is 1.76 bits per heavy atom. The van der Waals surface area contributed by atoms with Gasteiger partial charge in [-0.3, -0.25) is 9.48 Å². The van der Waals surface area contributed by atoms with Crippen LogP contribution in [0.15, 0.2) is 36.5 Å². The molecule has 0 atom stereocenters. The van der Waals surface area contributed by atoms with Gasteiger partial charge in [0.25, 0.3) is 5.91 Å². The molecule has 1 amide bonds. The zero-order chi connectivity index (χ0) is 21.3. The van der Waals surface area contributed by atoms with Crippen LogP contribution in [0.5, 0.6) is 0 Å². The molecule has 11 heteroatoms. The zero-order valence-electron chi connectivity index (χ0n) is 14.7. The summed E-state index contributed by atoms with van der Waals surface area (Å²) in [5.74, 6) is -5.25. The highest BCUT2D eigenvalue weighted by Crippen LogP contribution is 2.31. The predicted octanol–water partition coefficient (Wildman–Crippen LogP) is 4.65. The molecule has 2 aromatic heterocycles. The number of anilines is 1. The lowest BCUT2D eigenvalue weighted by Gasteiger charge is -2.08. The third-order valence-electron chi connectivity index (χ3n) is 3.90. The number of carbonyl (C=O) groups excluding carboxylic acids is 1. The highest BCUT2D eigenvalue weighted by molar-refractivity contribution is 6.04. The lowest BCUT2D eigenvalue weighted by atomic mass is 10.1. The van der Waals surface area contributed by atoms with Gasteiger partial charge in [-0.25, -0.2) is 18.2 Å². The highest BCUT2D eigenvalue weighted by Gasteiger charge is 2.35. The Balaban J connectivity index is 1.85. The smallest absolute Gasteiger partial charge is 0.306 e. The summed E-state index contributed by atoms with van der Waals surface area (Å²) in [6, 6.07) is 4.19. The van der Waals surface area contributed by atoms with E-state index in [1.165, 1.54) is 18.3 Å². The van der Waals surface area contributed by atoms with Crippen LogP contribution in [-0.4, -0.2) is 20.7 Å². The molecule has 152 valence electrons. The van der Waals surface area contributed by atoms with Crippen molar-refractivity contribution in [3.63, 3.8) is 0 Å². The quantitative estimate of drug-likeness (QED) is 0.632. The second kappa shape index (κ2) is 7.57. The minimum atomic E-state index is -4.61. The average molecular weight is 414 g/mol. The fourth-order valence-corrected chi connectivity index (χ4v) is 2.59. The summed E-state index contributed by atoms with van der Waals surface area (Å²) in [5, 5.41) is 5.63. The van der Waals surface area contributed by atoms with Crippen molar-refractivity contribution in [2.75, 3.05) is 5.32 Å². The maximum Gasteiger partial charge on any atom is 0.435 e. The van der Waals surface area contributed by atoms with Crippen molar-refractivity contribution in [1.82, 2.24) is 14.8 Å². The lowest BCUT2D eigenvalue weighted by Crippen LogP contribution is -2.17. The van der Waals surface area contributed by atoms with Crippen LogP contribution in [-0.2, 0) is 12.7 Å². The second-order valence-electron chi connectivity index (χ2n) is 5.86. The fourth-order valence-electron chi connectivity index (χ4n) is 2.59. The van der Waals surface area contributed by atoms with E-state index >= 15 is 0 Å². The molecule has 0 spiro atoms. The van der Waals surface area contributed by atoms with Crippen molar-refractivity contribution in [2.24, 2.45) is 0 Å². The summed E-state index contributed by atoms with van der Waals surface area (Å²) in [6.45, 7) is 1.79. The largest absolute Gasteiger partial charge is 0.435 e. The Morgan fingerprint density at radius 3 is 2.28 bits per heavy atom. The van der Waals surface area contributed by atoms with E-state index in [1.807, 2.05) is 0 Å². The maximum absolute atomic E-state index is 13.7. The second-order valence-corrected chi connectivity index (χ2v) is 5.86. The number of pyridine rings is 1. The van der Waals surface area contributed by atoms with Gasteiger partial charge in [0.2, 0.25) is 0 Å². The third kappa shape index (κ3) is 4.23. The van der Waals surface area contributed by atoms with E-state index in [9.17, 15) is 31.1 Å². The molecule has 0 bridgehead atoms. The number of hydrogen-bond donors (Lipinski definition) is 1. The number of hydrogen-bond acceptors (Lipinski definition) is 3. The Labute approximate surface area is 160 Å². The first-order valence-electron chi connectivity index (χ1n) is 8.17. The number of aryl methyl sites for hydroxylation is 1.